The smallest absolute Gasteiger partial charge is 0.253 e. The minimum atomic E-state index is -0.384. The van der Waals surface area contributed by atoms with Crippen LogP contribution in [0.3, 0.4) is 0 Å². The SMILES string of the molecule is Cc1cc(CNC(=O)c2cc(O)ccc2Cl)on1. The number of benzene rings is 1. The van der Waals surface area contributed by atoms with Crippen LogP contribution in [-0.4, -0.2) is 16.2 Å². The number of nitrogens with zero attached hydrogens (tertiary/aromatic N) is 1. The summed E-state index contributed by atoms with van der Waals surface area (Å²) in [6.07, 6.45) is 0. The Hall–Kier alpha value is -2.01. The van der Waals surface area contributed by atoms with Gasteiger partial charge >= 0.3 is 0 Å². The van der Waals surface area contributed by atoms with Crippen LogP contribution in [0.25, 0.3) is 0 Å². The largest absolute Gasteiger partial charge is 0.508 e. The molecule has 0 aliphatic carbocycles. The van der Waals surface area contributed by atoms with Crippen molar-refractivity contribution in [2.45, 2.75) is 13.5 Å². The summed E-state index contributed by atoms with van der Waals surface area (Å²) in [5.74, 6) is 0.155. The monoisotopic (exact) mass is 266 g/mol. The fourth-order valence-corrected chi connectivity index (χ4v) is 1.65. The summed E-state index contributed by atoms with van der Waals surface area (Å²) in [6.45, 7) is 2.01. The van der Waals surface area contributed by atoms with E-state index in [1.54, 1.807) is 13.0 Å². The molecule has 6 heteroatoms. The van der Waals surface area contributed by atoms with Crippen molar-refractivity contribution in [1.29, 1.82) is 0 Å². The molecule has 0 radical (unpaired) electrons. The zero-order valence-corrected chi connectivity index (χ0v) is 10.4. The van der Waals surface area contributed by atoms with E-state index < -0.39 is 0 Å². The summed E-state index contributed by atoms with van der Waals surface area (Å²) >= 11 is 5.87. The fourth-order valence-electron chi connectivity index (χ4n) is 1.45. The first-order valence-corrected chi connectivity index (χ1v) is 5.63. The first-order chi connectivity index (χ1) is 8.56. The quantitative estimate of drug-likeness (QED) is 0.894. The van der Waals surface area contributed by atoms with Gasteiger partial charge in [-0.05, 0) is 25.1 Å². The van der Waals surface area contributed by atoms with Crippen molar-refractivity contribution in [3.05, 3.63) is 46.3 Å². The van der Waals surface area contributed by atoms with Crippen LogP contribution in [-0.2, 0) is 6.54 Å². The molecule has 1 aromatic heterocycles. The number of aromatic nitrogens is 1. The second-order valence-electron chi connectivity index (χ2n) is 3.78. The topological polar surface area (TPSA) is 75.4 Å². The van der Waals surface area contributed by atoms with Crippen molar-refractivity contribution in [3.8, 4) is 5.75 Å². The average molecular weight is 267 g/mol. The summed E-state index contributed by atoms with van der Waals surface area (Å²) in [6, 6.07) is 5.91. The maximum atomic E-state index is 11.8. The van der Waals surface area contributed by atoms with Crippen molar-refractivity contribution in [3.63, 3.8) is 0 Å². The van der Waals surface area contributed by atoms with Gasteiger partial charge in [0.1, 0.15) is 5.75 Å². The van der Waals surface area contributed by atoms with E-state index in [2.05, 4.69) is 10.5 Å². The first kappa shape index (κ1) is 12.4. The van der Waals surface area contributed by atoms with E-state index in [1.807, 2.05) is 0 Å². The lowest BCUT2D eigenvalue weighted by Gasteiger charge is -2.05. The van der Waals surface area contributed by atoms with E-state index in [9.17, 15) is 9.90 Å². The molecular formula is C12H11ClN2O3. The third-order valence-corrected chi connectivity index (χ3v) is 2.62. The predicted octanol–water partition coefficient (Wildman–Crippen LogP) is 2.27. The second-order valence-corrected chi connectivity index (χ2v) is 4.19. The molecule has 2 aromatic rings. The summed E-state index contributed by atoms with van der Waals surface area (Å²) in [4.78, 5) is 11.8. The number of hydrogen-bond donors (Lipinski definition) is 2. The van der Waals surface area contributed by atoms with Gasteiger partial charge in [0.15, 0.2) is 5.76 Å². The lowest BCUT2D eigenvalue weighted by atomic mass is 10.2. The Balaban J connectivity index is 2.05. The van der Waals surface area contributed by atoms with Gasteiger partial charge in [-0.1, -0.05) is 16.8 Å². The molecule has 0 atom stereocenters. The molecule has 2 N–H and O–H groups in total. The van der Waals surface area contributed by atoms with E-state index in [0.29, 0.717) is 5.76 Å². The predicted molar refractivity (Wildman–Crippen MR) is 65.5 cm³/mol. The first-order valence-electron chi connectivity index (χ1n) is 5.25. The van der Waals surface area contributed by atoms with Crippen LogP contribution in [0, 0.1) is 6.92 Å². The van der Waals surface area contributed by atoms with Crippen LogP contribution in [0.5, 0.6) is 5.75 Å². The van der Waals surface area contributed by atoms with Crippen LogP contribution in [0.15, 0.2) is 28.8 Å². The number of halogens is 1. The number of amides is 1. The van der Waals surface area contributed by atoms with Gasteiger partial charge < -0.3 is 14.9 Å². The van der Waals surface area contributed by atoms with Gasteiger partial charge in [-0.15, -0.1) is 0 Å². The lowest BCUT2D eigenvalue weighted by Crippen LogP contribution is -2.22. The van der Waals surface area contributed by atoms with Crippen LogP contribution < -0.4 is 5.32 Å². The molecule has 94 valence electrons. The molecule has 0 bridgehead atoms. The highest BCUT2D eigenvalue weighted by molar-refractivity contribution is 6.33. The molecule has 0 saturated heterocycles. The zero-order valence-electron chi connectivity index (χ0n) is 9.61. The molecule has 1 aromatic carbocycles. The molecule has 0 fully saturated rings. The van der Waals surface area contributed by atoms with Crippen LogP contribution in [0.4, 0.5) is 0 Å². The molecule has 18 heavy (non-hydrogen) atoms. The Kier molecular flexibility index (Phi) is 3.53. The van der Waals surface area contributed by atoms with Crippen molar-refractivity contribution in [2.75, 3.05) is 0 Å². The molecule has 0 spiro atoms. The molecule has 0 unspecified atom stereocenters. The molecule has 0 aliphatic heterocycles. The zero-order chi connectivity index (χ0) is 13.1. The maximum Gasteiger partial charge on any atom is 0.253 e. The van der Waals surface area contributed by atoms with Crippen molar-refractivity contribution in [2.24, 2.45) is 0 Å². The number of carbonyl (C=O) groups is 1. The normalized spacial score (nSPS) is 10.3. The highest BCUT2D eigenvalue weighted by atomic mass is 35.5. The van der Waals surface area contributed by atoms with E-state index >= 15 is 0 Å². The molecule has 2 rings (SSSR count). The van der Waals surface area contributed by atoms with Crippen LogP contribution in [0.2, 0.25) is 5.02 Å². The number of rotatable bonds is 3. The molecule has 0 aliphatic rings. The average Bonchev–Trinajstić information content (AvgIpc) is 2.75. The minimum Gasteiger partial charge on any atom is -0.508 e. The van der Waals surface area contributed by atoms with E-state index in [0.717, 1.165) is 5.69 Å². The van der Waals surface area contributed by atoms with Crippen molar-refractivity contribution >= 4 is 17.5 Å². The molecule has 0 saturated carbocycles. The van der Waals surface area contributed by atoms with E-state index in [4.69, 9.17) is 16.1 Å². The Bertz CT molecular complexity index is 580. The van der Waals surface area contributed by atoms with Crippen LogP contribution in [0.1, 0.15) is 21.8 Å². The number of aryl methyl sites for hydroxylation is 1. The van der Waals surface area contributed by atoms with Gasteiger partial charge in [0, 0.05) is 6.07 Å². The van der Waals surface area contributed by atoms with Gasteiger partial charge in [0.25, 0.3) is 5.91 Å². The number of aromatic hydroxyl groups is 1. The number of nitrogens with one attached hydrogen (secondary N) is 1. The Labute approximate surface area is 108 Å². The standard InChI is InChI=1S/C12H11ClN2O3/c1-7-4-9(18-15-7)6-14-12(17)10-5-8(16)2-3-11(10)13/h2-5,16H,6H2,1H3,(H,14,17). The summed E-state index contributed by atoms with van der Waals surface area (Å²) in [5.41, 5.74) is 0.961. The lowest BCUT2D eigenvalue weighted by molar-refractivity contribution is 0.0947. The number of phenols is 1. The second kappa shape index (κ2) is 5.10. The van der Waals surface area contributed by atoms with Gasteiger partial charge in [-0.25, -0.2) is 0 Å². The van der Waals surface area contributed by atoms with E-state index in [1.165, 1.54) is 18.2 Å². The Morgan fingerprint density at radius 2 is 2.28 bits per heavy atom. The third-order valence-electron chi connectivity index (χ3n) is 2.29. The molecule has 1 heterocycles. The molecule has 5 nitrogen and oxygen atoms in total. The van der Waals surface area contributed by atoms with Crippen molar-refractivity contribution in [1.82, 2.24) is 10.5 Å². The van der Waals surface area contributed by atoms with Crippen LogP contribution >= 0.6 is 11.6 Å². The summed E-state index contributed by atoms with van der Waals surface area (Å²) in [7, 11) is 0. The van der Waals surface area contributed by atoms with E-state index in [-0.39, 0.29) is 28.8 Å². The Morgan fingerprint density at radius 3 is 2.94 bits per heavy atom. The summed E-state index contributed by atoms with van der Waals surface area (Å²) < 4.78 is 4.96. The van der Waals surface area contributed by atoms with Crippen molar-refractivity contribution < 1.29 is 14.4 Å². The number of carbonyl (C=O) groups excluding carboxylic acids is 1. The minimum absolute atomic E-state index is 0.0138. The molecular weight excluding hydrogens is 256 g/mol. The highest BCUT2D eigenvalue weighted by Gasteiger charge is 2.11. The Morgan fingerprint density at radius 1 is 1.50 bits per heavy atom. The van der Waals surface area contributed by atoms with Gasteiger partial charge in [-0.2, -0.15) is 0 Å². The highest BCUT2D eigenvalue weighted by Crippen LogP contribution is 2.21. The fraction of sp³-hybridized carbons (Fsp3) is 0.167. The third kappa shape index (κ3) is 2.81. The maximum absolute atomic E-state index is 11.8. The summed E-state index contributed by atoms with van der Waals surface area (Å²) in [5, 5.41) is 15.9. The number of hydrogen-bond acceptors (Lipinski definition) is 4. The number of phenolic OH excluding ortho intramolecular Hbond substituents is 1. The molecule has 1 amide bonds. The van der Waals surface area contributed by atoms with Gasteiger partial charge in [-0.3, -0.25) is 4.79 Å². The van der Waals surface area contributed by atoms with Gasteiger partial charge in [0.2, 0.25) is 0 Å². The van der Waals surface area contributed by atoms with Gasteiger partial charge in [0.05, 0.1) is 22.8 Å².